The molecule has 1 radical (unpaired) electrons. The fourth-order valence-corrected chi connectivity index (χ4v) is 2.14. The number of benzene rings is 2. The third-order valence-corrected chi connectivity index (χ3v) is 8.22. The van der Waals surface area contributed by atoms with Crippen molar-refractivity contribution < 1.29 is 48.1 Å². The molecule has 26 heavy (non-hydrogen) atoms. The molecule has 0 spiro atoms. The maximum atomic E-state index is 2.26. The third kappa shape index (κ3) is 9.33. The molecule has 0 fully saturated rings. The second-order valence-electron chi connectivity index (χ2n) is 5.61. The van der Waals surface area contributed by atoms with Gasteiger partial charge < -0.3 is 32.2 Å². The molecule has 4 aromatic carbocycles. The molecular formula is C22H24Cl2SiZr-3. The van der Waals surface area contributed by atoms with Gasteiger partial charge in [0.1, 0.15) is 0 Å². The molecule has 0 nitrogen and oxygen atoms in total. The van der Waals surface area contributed by atoms with Crippen LogP contribution >= 0.6 is 0 Å². The number of halogens is 2. The Balaban J connectivity index is 0. The van der Waals surface area contributed by atoms with Gasteiger partial charge in [0, 0.05) is 0 Å². The Bertz CT molecular complexity index is 723. The summed E-state index contributed by atoms with van der Waals surface area (Å²) in [6, 6.07) is 29.3. The van der Waals surface area contributed by atoms with E-state index in [4.69, 9.17) is 0 Å². The van der Waals surface area contributed by atoms with Crippen molar-refractivity contribution in [1.29, 1.82) is 0 Å². The van der Waals surface area contributed by atoms with Crippen LogP contribution < -0.4 is 24.8 Å². The zero-order valence-electron chi connectivity index (χ0n) is 15.4. The van der Waals surface area contributed by atoms with Gasteiger partial charge >= 0.3 is 48.9 Å². The van der Waals surface area contributed by atoms with Gasteiger partial charge in [0.2, 0.25) is 0 Å². The van der Waals surface area contributed by atoms with Crippen molar-refractivity contribution in [2.75, 3.05) is 0 Å². The molecule has 0 bridgehead atoms. The van der Waals surface area contributed by atoms with Crippen LogP contribution in [0.25, 0.3) is 21.5 Å². The van der Waals surface area contributed by atoms with E-state index < -0.39 is 0 Å². The van der Waals surface area contributed by atoms with Gasteiger partial charge in [0.25, 0.3) is 0 Å². The van der Waals surface area contributed by atoms with Crippen LogP contribution in [0, 0.1) is 7.43 Å². The van der Waals surface area contributed by atoms with Crippen molar-refractivity contribution in [2.24, 2.45) is 0 Å². The average Bonchev–Trinajstić information content (AvgIpc) is 3.24. The van der Waals surface area contributed by atoms with Crippen LogP contribution in [0.3, 0.4) is 0 Å². The van der Waals surface area contributed by atoms with Crippen molar-refractivity contribution in [3.8, 4) is 0 Å². The van der Waals surface area contributed by atoms with Crippen LogP contribution in [0.5, 0.6) is 0 Å². The van der Waals surface area contributed by atoms with Crippen molar-refractivity contribution in [3.05, 3.63) is 92.4 Å². The first-order valence-corrected chi connectivity index (χ1v) is 12.6. The minimum Gasteiger partial charge on any atom is -1.00 e. The quantitative estimate of drug-likeness (QED) is 0.277. The van der Waals surface area contributed by atoms with E-state index in [1.54, 1.807) is 23.3 Å². The molecule has 0 unspecified atom stereocenters. The summed E-state index contributed by atoms with van der Waals surface area (Å²) in [6.07, 6.45) is 1.20. The summed E-state index contributed by atoms with van der Waals surface area (Å²) in [6.45, 7) is 4.51. The normalized spacial score (nSPS) is 8.81. The van der Waals surface area contributed by atoms with Crippen LogP contribution in [0.15, 0.2) is 84.9 Å². The first-order valence-electron chi connectivity index (χ1n) is 7.84. The minimum atomic E-state index is 0. The molecule has 0 aliphatic carbocycles. The summed E-state index contributed by atoms with van der Waals surface area (Å²) in [4.78, 5) is 0. The molecule has 0 amide bonds. The largest absolute Gasteiger partial charge is 1.00 e. The Kier molecular flexibility index (Phi) is 16.3. The van der Waals surface area contributed by atoms with E-state index in [0.29, 0.717) is 0 Å². The Hall–Kier alpha value is -0.660. The Labute approximate surface area is 186 Å². The van der Waals surface area contributed by atoms with Crippen LogP contribution in [0.4, 0.5) is 0 Å². The minimum absolute atomic E-state index is 0. The fourth-order valence-electron chi connectivity index (χ4n) is 2.14. The Morgan fingerprint density at radius 3 is 1.38 bits per heavy atom. The number of fused-ring (bicyclic) bond motifs is 2. The molecule has 4 rings (SSSR count). The van der Waals surface area contributed by atoms with Gasteiger partial charge in [0.05, 0.1) is 0 Å². The van der Waals surface area contributed by atoms with Gasteiger partial charge in [-0.15, -0.1) is 59.3 Å². The molecule has 0 N–H and O–H groups in total. The molecule has 4 aromatic rings. The summed E-state index contributed by atoms with van der Waals surface area (Å²) in [5.41, 5.74) is 0.952. The Morgan fingerprint density at radius 1 is 0.731 bits per heavy atom. The molecular weight excluding hydrogens is 454 g/mol. The second kappa shape index (κ2) is 15.4. The van der Waals surface area contributed by atoms with Crippen LogP contribution in [0.2, 0.25) is 5.54 Å². The SMILES string of the molecule is CC(C)[Si]=[Zr+2].[CH3-].[Cl-].[Cl-].c1ccc2[cH-]ccc2c1.c1ccc2[cH-]ccc2c1. The summed E-state index contributed by atoms with van der Waals surface area (Å²) >= 11 is 1.69. The van der Waals surface area contributed by atoms with Crippen molar-refractivity contribution in [3.63, 3.8) is 0 Å². The molecule has 4 heteroatoms. The maximum Gasteiger partial charge on any atom is -0.0809 e. The monoisotopic (exact) mass is 476 g/mol. The van der Waals surface area contributed by atoms with Gasteiger partial charge in [-0.1, -0.05) is 12.1 Å². The van der Waals surface area contributed by atoms with E-state index in [-0.39, 0.29) is 32.2 Å². The van der Waals surface area contributed by atoms with Gasteiger partial charge in [-0.2, -0.15) is 35.0 Å². The number of rotatable bonds is 1. The van der Waals surface area contributed by atoms with Crippen molar-refractivity contribution in [2.45, 2.75) is 19.4 Å². The van der Waals surface area contributed by atoms with E-state index in [1.807, 2.05) is 0 Å². The van der Waals surface area contributed by atoms with Crippen LogP contribution in [-0.2, 0) is 23.3 Å². The predicted molar refractivity (Wildman–Crippen MR) is 106 cm³/mol. The van der Waals surface area contributed by atoms with Gasteiger partial charge in [-0.3, -0.25) is 0 Å². The molecule has 0 atom stereocenters. The summed E-state index contributed by atoms with van der Waals surface area (Å²) in [5, 5.41) is 5.32. The number of hydrogen-bond acceptors (Lipinski definition) is 0. The summed E-state index contributed by atoms with van der Waals surface area (Å²) in [5.74, 6) is 0. The topological polar surface area (TPSA) is 0 Å². The molecule has 0 heterocycles. The third-order valence-electron chi connectivity index (χ3n) is 3.38. The predicted octanol–water partition coefficient (Wildman–Crippen LogP) is 0.556. The summed E-state index contributed by atoms with van der Waals surface area (Å²) < 4.78 is 0. The molecule has 0 saturated carbocycles. The first kappa shape index (κ1) is 27.6. The molecule has 0 saturated heterocycles. The van der Waals surface area contributed by atoms with E-state index in [1.165, 1.54) is 27.7 Å². The zero-order valence-corrected chi connectivity index (χ0v) is 20.4. The fraction of sp³-hybridized carbons (Fsp3) is 0.136. The number of hydrogen-bond donors (Lipinski definition) is 0. The smallest absolute Gasteiger partial charge is 0.0809 e. The van der Waals surface area contributed by atoms with Crippen LogP contribution in [-0.4, -0.2) is 6.16 Å². The van der Waals surface area contributed by atoms with E-state index in [2.05, 4.69) is 98.8 Å². The second-order valence-corrected chi connectivity index (χ2v) is 9.18. The average molecular weight is 479 g/mol. The first-order chi connectivity index (χ1) is 11.2. The standard InChI is InChI=1S/2C9H7.C3H7Si.CH3.2ClH.Zr/c2*1-2-5-9-7-3-6-8(9)4-1;1-3(2)4;;;;/h2*1-7H;3H,1-2H3;1H3;2*1H;/q2*-1;;-1;;;+2/p-2. The molecule has 0 aromatic heterocycles. The Morgan fingerprint density at radius 2 is 1.08 bits per heavy atom. The van der Waals surface area contributed by atoms with Gasteiger partial charge in [-0.25, -0.2) is 0 Å². The van der Waals surface area contributed by atoms with Gasteiger partial charge in [-0.05, 0) is 0 Å². The summed E-state index contributed by atoms with van der Waals surface area (Å²) in [7, 11) is 0. The van der Waals surface area contributed by atoms with Crippen molar-refractivity contribution >= 4 is 27.7 Å². The zero-order chi connectivity index (χ0) is 16.5. The van der Waals surface area contributed by atoms with Gasteiger partial charge in [0.15, 0.2) is 0 Å². The van der Waals surface area contributed by atoms with E-state index in [9.17, 15) is 0 Å². The molecule has 137 valence electrons. The van der Waals surface area contributed by atoms with E-state index in [0.717, 1.165) is 5.54 Å². The van der Waals surface area contributed by atoms with E-state index >= 15 is 0 Å². The molecule has 0 aliphatic rings. The molecule has 0 aliphatic heterocycles. The van der Waals surface area contributed by atoms with Crippen LogP contribution in [0.1, 0.15) is 13.8 Å². The maximum absolute atomic E-state index is 2.26. The van der Waals surface area contributed by atoms with Crippen molar-refractivity contribution in [1.82, 2.24) is 0 Å².